The molecule has 3 heterocycles. The van der Waals surface area contributed by atoms with Crippen molar-refractivity contribution in [2.75, 3.05) is 24.6 Å². The molecule has 3 aromatic rings. The summed E-state index contributed by atoms with van der Waals surface area (Å²) in [6.45, 7) is 2.76. The van der Waals surface area contributed by atoms with E-state index in [0.29, 0.717) is 43.5 Å². The molecule has 1 saturated heterocycles. The Morgan fingerprint density at radius 3 is 2.63 bits per heavy atom. The first-order valence-electron chi connectivity index (χ1n) is 9.75. The van der Waals surface area contributed by atoms with Crippen molar-refractivity contribution < 1.29 is 16.8 Å². The lowest BCUT2D eigenvalue weighted by Crippen LogP contribution is -2.38. The molecule has 1 aliphatic heterocycles. The minimum absolute atomic E-state index is 0.0752. The molecule has 162 valence electrons. The normalized spacial score (nSPS) is 17.0. The van der Waals surface area contributed by atoms with Crippen LogP contribution in [0.2, 0.25) is 0 Å². The molecule has 0 bridgehead atoms. The van der Waals surface area contributed by atoms with Crippen LogP contribution in [0.3, 0.4) is 0 Å². The Kier molecular flexibility index (Phi) is 5.93. The topological polar surface area (TPSA) is 115 Å². The molecular formula is C18H23N5O4S3. The second kappa shape index (κ2) is 8.33. The zero-order valence-electron chi connectivity index (χ0n) is 16.5. The Morgan fingerprint density at radius 1 is 1.13 bits per heavy atom. The molecule has 0 saturated carbocycles. The molecule has 30 heavy (non-hydrogen) atoms. The fraction of sp³-hybridized carbons (Fsp3) is 0.500. The summed E-state index contributed by atoms with van der Waals surface area (Å²) >= 11 is 1.00. The van der Waals surface area contributed by atoms with Gasteiger partial charge in [0.25, 0.3) is 0 Å². The van der Waals surface area contributed by atoms with E-state index in [9.17, 15) is 16.8 Å². The van der Waals surface area contributed by atoms with Crippen molar-refractivity contribution in [1.82, 2.24) is 22.6 Å². The molecule has 0 N–H and O–H groups in total. The fourth-order valence-corrected chi connectivity index (χ4v) is 6.72. The first-order valence-corrected chi connectivity index (χ1v) is 13.7. The minimum Gasteiger partial charge on any atom is -0.334 e. The highest BCUT2D eigenvalue weighted by atomic mass is 32.2. The van der Waals surface area contributed by atoms with Gasteiger partial charge in [-0.05, 0) is 25.0 Å². The minimum atomic E-state index is -3.66. The van der Waals surface area contributed by atoms with Crippen molar-refractivity contribution >= 4 is 42.6 Å². The van der Waals surface area contributed by atoms with Gasteiger partial charge in [-0.25, -0.2) is 21.8 Å². The maximum Gasteiger partial charge on any atom is 0.245 e. The highest BCUT2D eigenvalue weighted by Gasteiger charge is 2.33. The number of hydrogen-bond donors (Lipinski definition) is 0. The summed E-state index contributed by atoms with van der Waals surface area (Å²) in [5, 5.41) is 0. The number of piperidine rings is 1. The molecule has 0 unspecified atom stereocenters. The molecule has 1 aromatic carbocycles. The number of hydrogen-bond acceptors (Lipinski definition) is 8. The van der Waals surface area contributed by atoms with Gasteiger partial charge in [-0.2, -0.15) is 13.1 Å². The Labute approximate surface area is 180 Å². The van der Waals surface area contributed by atoms with Gasteiger partial charge in [0, 0.05) is 43.7 Å². The van der Waals surface area contributed by atoms with E-state index in [1.807, 2.05) is 4.57 Å². The number of fused-ring (bicyclic) bond motifs is 1. The van der Waals surface area contributed by atoms with E-state index >= 15 is 0 Å². The van der Waals surface area contributed by atoms with E-state index in [0.717, 1.165) is 17.6 Å². The highest BCUT2D eigenvalue weighted by molar-refractivity contribution is 7.91. The molecule has 4 rings (SSSR count). The summed E-state index contributed by atoms with van der Waals surface area (Å²) in [6.07, 6.45) is 4.72. The van der Waals surface area contributed by atoms with E-state index in [1.54, 1.807) is 37.5 Å². The lowest BCUT2D eigenvalue weighted by atomic mass is 9.97. The first kappa shape index (κ1) is 21.3. The Hall–Kier alpha value is -1.89. The van der Waals surface area contributed by atoms with Crippen LogP contribution in [0.15, 0.2) is 35.5 Å². The van der Waals surface area contributed by atoms with E-state index in [1.165, 1.54) is 4.31 Å². The lowest BCUT2D eigenvalue weighted by Gasteiger charge is -2.31. The maximum atomic E-state index is 13.2. The molecule has 0 radical (unpaired) electrons. The molecule has 9 nitrogen and oxygen atoms in total. The SMILES string of the molecule is CCS(=O)(=O)CCn1ccnc1C1CCN(S(=O)(=O)c2cccc3nsnc23)CC1. The quantitative estimate of drug-likeness (QED) is 0.519. The molecule has 0 aliphatic carbocycles. The Morgan fingerprint density at radius 2 is 1.90 bits per heavy atom. The predicted molar refractivity (Wildman–Crippen MR) is 115 cm³/mol. The third kappa shape index (κ3) is 4.13. The third-order valence-electron chi connectivity index (χ3n) is 5.52. The van der Waals surface area contributed by atoms with Gasteiger partial charge >= 0.3 is 0 Å². The van der Waals surface area contributed by atoms with Crippen LogP contribution in [0, 0.1) is 0 Å². The van der Waals surface area contributed by atoms with E-state index in [2.05, 4.69) is 13.7 Å². The average molecular weight is 470 g/mol. The number of imidazole rings is 1. The van der Waals surface area contributed by atoms with Crippen LogP contribution in [0.4, 0.5) is 0 Å². The number of aryl methyl sites for hydroxylation is 1. The van der Waals surface area contributed by atoms with Crippen molar-refractivity contribution in [2.45, 2.75) is 37.1 Å². The number of aromatic nitrogens is 4. The first-order chi connectivity index (χ1) is 14.3. The van der Waals surface area contributed by atoms with Crippen LogP contribution in [0.1, 0.15) is 31.5 Å². The predicted octanol–water partition coefficient (Wildman–Crippen LogP) is 1.89. The van der Waals surface area contributed by atoms with Gasteiger partial charge < -0.3 is 4.57 Å². The van der Waals surface area contributed by atoms with Crippen LogP contribution in [0.25, 0.3) is 11.0 Å². The average Bonchev–Trinajstić information content (AvgIpc) is 3.41. The fourth-order valence-electron chi connectivity index (χ4n) is 3.73. The summed E-state index contributed by atoms with van der Waals surface area (Å²) in [6, 6.07) is 5.01. The van der Waals surface area contributed by atoms with E-state index in [4.69, 9.17) is 0 Å². The maximum absolute atomic E-state index is 13.2. The number of sulfone groups is 1. The molecule has 0 atom stereocenters. The molecule has 0 spiro atoms. The van der Waals surface area contributed by atoms with Crippen LogP contribution < -0.4 is 0 Å². The Bertz CT molecular complexity index is 1240. The summed E-state index contributed by atoms with van der Waals surface area (Å²) in [5.74, 6) is 1.11. The summed E-state index contributed by atoms with van der Waals surface area (Å²) in [7, 11) is -6.72. The van der Waals surface area contributed by atoms with Crippen LogP contribution >= 0.6 is 11.7 Å². The van der Waals surface area contributed by atoms with Crippen molar-refractivity contribution in [3.8, 4) is 0 Å². The monoisotopic (exact) mass is 469 g/mol. The van der Waals surface area contributed by atoms with Gasteiger partial charge in [0.05, 0.1) is 17.5 Å². The molecular weight excluding hydrogens is 446 g/mol. The zero-order valence-corrected chi connectivity index (χ0v) is 19.0. The molecule has 2 aromatic heterocycles. The largest absolute Gasteiger partial charge is 0.334 e. The summed E-state index contributed by atoms with van der Waals surface area (Å²) in [5.41, 5.74) is 0.998. The summed E-state index contributed by atoms with van der Waals surface area (Å²) < 4.78 is 61.7. The van der Waals surface area contributed by atoms with E-state index < -0.39 is 19.9 Å². The zero-order chi connectivity index (χ0) is 21.4. The highest BCUT2D eigenvalue weighted by Crippen LogP contribution is 2.31. The number of benzene rings is 1. The molecule has 1 fully saturated rings. The standard InChI is InChI=1S/C18H23N5O4S3/c1-2-29(24,25)13-12-22-11-8-19-18(22)14-6-9-23(10-7-14)30(26,27)16-5-3-4-15-17(16)21-28-20-15/h3-5,8,11,14H,2,6-7,9-10,12-13H2,1H3. The van der Waals surface area contributed by atoms with Crippen LogP contribution in [0.5, 0.6) is 0 Å². The van der Waals surface area contributed by atoms with Crippen LogP contribution in [-0.4, -0.2) is 64.0 Å². The van der Waals surface area contributed by atoms with Crippen molar-refractivity contribution in [3.05, 3.63) is 36.4 Å². The van der Waals surface area contributed by atoms with Crippen molar-refractivity contribution in [2.24, 2.45) is 0 Å². The number of sulfonamides is 1. The van der Waals surface area contributed by atoms with Crippen LogP contribution in [-0.2, 0) is 26.4 Å². The van der Waals surface area contributed by atoms with E-state index in [-0.39, 0.29) is 22.3 Å². The van der Waals surface area contributed by atoms with Gasteiger partial charge in [-0.3, -0.25) is 0 Å². The van der Waals surface area contributed by atoms with Crippen molar-refractivity contribution in [1.29, 1.82) is 0 Å². The molecule has 0 amide bonds. The smallest absolute Gasteiger partial charge is 0.245 e. The summed E-state index contributed by atoms with van der Waals surface area (Å²) in [4.78, 5) is 4.62. The molecule has 12 heteroatoms. The van der Waals surface area contributed by atoms with Gasteiger partial charge in [0.2, 0.25) is 10.0 Å². The molecule has 1 aliphatic rings. The van der Waals surface area contributed by atoms with Gasteiger partial charge in [0.1, 0.15) is 21.8 Å². The second-order valence-electron chi connectivity index (χ2n) is 7.28. The van der Waals surface area contributed by atoms with Crippen molar-refractivity contribution in [3.63, 3.8) is 0 Å². The number of nitrogens with zero attached hydrogens (tertiary/aromatic N) is 5. The number of rotatable bonds is 7. The van der Waals surface area contributed by atoms with Gasteiger partial charge in [0.15, 0.2) is 9.84 Å². The second-order valence-corrected chi connectivity index (χ2v) is 12.2. The van der Waals surface area contributed by atoms with Gasteiger partial charge in [-0.15, -0.1) is 0 Å². The Balaban J connectivity index is 1.47. The lowest BCUT2D eigenvalue weighted by molar-refractivity contribution is 0.310. The third-order valence-corrected chi connectivity index (χ3v) is 9.67. The van der Waals surface area contributed by atoms with Gasteiger partial charge in [-0.1, -0.05) is 13.0 Å².